The van der Waals surface area contributed by atoms with E-state index in [1.165, 1.54) is 12.1 Å². The lowest BCUT2D eigenvalue weighted by molar-refractivity contribution is -0.0708. The van der Waals surface area contributed by atoms with Crippen LogP contribution < -0.4 is 4.90 Å². The summed E-state index contributed by atoms with van der Waals surface area (Å²) in [5, 5.41) is 8.01. The minimum atomic E-state index is -4.50. The van der Waals surface area contributed by atoms with Gasteiger partial charge in [-0.1, -0.05) is 0 Å². The molecule has 32 heavy (non-hydrogen) atoms. The second-order valence-corrected chi connectivity index (χ2v) is 8.82. The Kier molecular flexibility index (Phi) is 5.43. The first-order valence-corrected chi connectivity index (χ1v) is 10.9. The zero-order chi connectivity index (χ0) is 22.5. The Hall–Kier alpha value is -2.49. The molecule has 2 fully saturated rings. The van der Waals surface area contributed by atoms with Crippen molar-refractivity contribution in [3.05, 3.63) is 47.1 Å². The van der Waals surface area contributed by atoms with Crippen molar-refractivity contribution in [2.75, 3.05) is 37.6 Å². The van der Waals surface area contributed by atoms with Crippen LogP contribution in [0.1, 0.15) is 30.9 Å². The van der Waals surface area contributed by atoms with Crippen LogP contribution in [0.5, 0.6) is 0 Å². The van der Waals surface area contributed by atoms with E-state index in [9.17, 15) is 22.0 Å². The standard InChI is InChI=1S/C22H24F5N5/c23-16-3-4-18(17(24)12-16)31-9-7-30(8-10-31)13-15-5-6-32-19(11-14-1-2-14)28-29-21(32)20(15)22(25,26)27/h3-4,12,14H,1-2,5-11,13H2. The fourth-order valence-corrected chi connectivity index (χ4v) is 4.66. The highest BCUT2D eigenvalue weighted by Gasteiger charge is 2.43. The van der Waals surface area contributed by atoms with Crippen molar-refractivity contribution in [3.8, 4) is 0 Å². The molecule has 1 saturated heterocycles. The van der Waals surface area contributed by atoms with Gasteiger partial charge in [0.2, 0.25) is 0 Å². The molecule has 172 valence electrons. The molecule has 2 aliphatic heterocycles. The Morgan fingerprint density at radius 2 is 1.72 bits per heavy atom. The highest BCUT2D eigenvalue weighted by Crippen LogP contribution is 2.41. The number of nitrogens with zero attached hydrogens (tertiary/aromatic N) is 5. The van der Waals surface area contributed by atoms with Gasteiger partial charge in [0.15, 0.2) is 5.82 Å². The molecular weight excluding hydrogens is 429 g/mol. The second kappa shape index (κ2) is 8.13. The van der Waals surface area contributed by atoms with Crippen LogP contribution in [-0.2, 0) is 13.0 Å². The van der Waals surface area contributed by atoms with E-state index in [-0.39, 0.29) is 12.4 Å². The second-order valence-electron chi connectivity index (χ2n) is 8.82. The third-order valence-corrected chi connectivity index (χ3v) is 6.53. The van der Waals surface area contributed by atoms with Crippen LogP contribution >= 0.6 is 0 Å². The Morgan fingerprint density at radius 3 is 2.38 bits per heavy atom. The fraction of sp³-hybridized carbons (Fsp3) is 0.545. The minimum absolute atomic E-state index is 0.0681. The molecule has 5 rings (SSSR count). The van der Waals surface area contributed by atoms with E-state index in [0.29, 0.717) is 68.6 Å². The van der Waals surface area contributed by atoms with Gasteiger partial charge < -0.3 is 9.47 Å². The van der Waals surface area contributed by atoms with Crippen molar-refractivity contribution < 1.29 is 22.0 Å². The lowest BCUT2D eigenvalue weighted by Gasteiger charge is -2.37. The van der Waals surface area contributed by atoms with Gasteiger partial charge in [0.25, 0.3) is 0 Å². The van der Waals surface area contributed by atoms with Gasteiger partial charge in [0, 0.05) is 51.8 Å². The lowest BCUT2D eigenvalue weighted by atomic mass is 9.99. The fourth-order valence-electron chi connectivity index (χ4n) is 4.66. The molecule has 3 heterocycles. The number of halogens is 5. The maximum atomic E-state index is 14.1. The predicted molar refractivity (Wildman–Crippen MR) is 109 cm³/mol. The molecule has 0 bridgehead atoms. The largest absolute Gasteiger partial charge is 0.420 e. The molecule has 0 atom stereocenters. The van der Waals surface area contributed by atoms with E-state index in [2.05, 4.69) is 10.2 Å². The van der Waals surface area contributed by atoms with Crippen molar-refractivity contribution in [1.29, 1.82) is 0 Å². The number of piperazine rings is 1. The van der Waals surface area contributed by atoms with E-state index in [0.717, 1.165) is 18.9 Å². The molecule has 10 heteroatoms. The van der Waals surface area contributed by atoms with Gasteiger partial charge in [0.1, 0.15) is 23.0 Å². The number of alkyl halides is 3. The highest BCUT2D eigenvalue weighted by atomic mass is 19.4. The molecule has 0 unspecified atom stereocenters. The summed E-state index contributed by atoms with van der Waals surface area (Å²) in [5.41, 5.74) is -0.0164. The Balaban J connectivity index is 1.32. The van der Waals surface area contributed by atoms with E-state index < -0.39 is 23.4 Å². The molecule has 0 spiro atoms. The monoisotopic (exact) mass is 453 g/mol. The third-order valence-electron chi connectivity index (χ3n) is 6.53. The molecule has 2 aromatic rings. The van der Waals surface area contributed by atoms with Crippen LogP contribution in [0.25, 0.3) is 5.57 Å². The molecular formula is C22H24F5N5. The summed E-state index contributed by atoms with van der Waals surface area (Å²) >= 11 is 0. The van der Waals surface area contributed by atoms with Crippen molar-refractivity contribution in [2.24, 2.45) is 5.92 Å². The Morgan fingerprint density at radius 1 is 0.969 bits per heavy atom. The number of fused-ring (bicyclic) bond motifs is 1. The summed E-state index contributed by atoms with van der Waals surface area (Å²) in [6, 6.07) is 3.45. The average Bonchev–Trinajstić information content (AvgIpc) is 3.46. The van der Waals surface area contributed by atoms with Crippen molar-refractivity contribution >= 4 is 11.3 Å². The van der Waals surface area contributed by atoms with Gasteiger partial charge in [-0.2, -0.15) is 13.2 Å². The minimum Gasteiger partial charge on any atom is -0.367 e. The molecule has 0 N–H and O–H groups in total. The van der Waals surface area contributed by atoms with Gasteiger partial charge in [0.05, 0.1) is 5.69 Å². The van der Waals surface area contributed by atoms with Gasteiger partial charge in [-0.15, -0.1) is 10.2 Å². The van der Waals surface area contributed by atoms with Crippen molar-refractivity contribution in [3.63, 3.8) is 0 Å². The molecule has 1 aromatic heterocycles. The normalized spacial score (nSPS) is 20.1. The first-order chi connectivity index (χ1) is 15.3. The number of hydrogen-bond acceptors (Lipinski definition) is 4. The van der Waals surface area contributed by atoms with E-state index in [1.807, 2.05) is 4.90 Å². The molecule has 1 aromatic carbocycles. The molecule has 3 aliphatic rings. The molecule has 0 radical (unpaired) electrons. The smallest absolute Gasteiger partial charge is 0.367 e. The number of rotatable bonds is 5. The van der Waals surface area contributed by atoms with Crippen LogP contribution in [0.4, 0.5) is 27.6 Å². The summed E-state index contributed by atoms with van der Waals surface area (Å²) in [4.78, 5) is 3.75. The van der Waals surface area contributed by atoms with Crippen LogP contribution in [0.2, 0.25) is 0 Å². The SMILES string of the molecule is Fc1ccc(N2CCN(CC3=C(C(F)(F)F)c4nnc(CC5CC5)n4CC3)CC2)c(F)c1. The van der Waals surface area contributed by atoms with Gasteiger partial charge >= 0.3 is 6.18 Å². The maximum Gasteiger partial charge on any atom is 0.420 e. The number of hydrogen-bond donors (Lipinski definition) is 0. The summed E-state index contributed by atoms with van der Waals surface area (Å²) in [6.07, 6.45) is -1.30. The number of benzene rings is 1. The van der Waals surface area contributed by atoms with Crippen molar-refractivity contribution in [1.82, 2.24) is 19.7 Å². The topological polar surface area (TPSA) is 37.2 Å². The predicted octanol–water partition coefficient (Wildman–Crippen LogP) is 4.05. The highest BCUT2D eigenvalue weighted by molar-refractivity contribution is 5.69. The van der Waals surface area contributed by atoms with Crippen LogP contribution in [0.15, 0.2) is 23.8 Å². The van der Waals surface area contributed by atoms with E-state index in [1.54, 1.807) is 9.47 Å². The Bertz CT molecular complexity index is 1030. The number of aromatic nitrogens is 3. The quantitative estimate of drug-likeness (QED) is 0.641. The average molecular weight is 453 g/mol. The van der Waals surface area contributed by atoms with Gasteiger partial charge in [-0.25, -0.2) is 8.78 Å². The summed E-state index contributed by atoms with van der Waals surface area (Å²) in [6.45, 7) is 2.55. The first-order valence-electron chi connectivity index (χ1n) is 10.9. The number of allylic oxidation sites excluding steroid dienone is 1. The summed E-state index contributed by atoms with van der Waals surface area (Å²) in [7, 11) is 0. The summed E-state index contributed by atoms with van der Waals surface area (Å²) in [5.74, 6) is -0.166. The molecule has 1 saturated carbocycles. The van der Waals surface area contributed by atoms with Crippen LogP contribution in [0.3, 0.4) is 0 Å². The molecule has 0 amide bonds. The molecule has 1 aliphatic carbocycles. The first kappa shape index (κ1) is 21.4. The van der Waals surface area contributed by atoms with Gasteiger partial charge in [-0.05, 0) is 42.9 Å². The third kappa shape index (κ3) is 4.24. The van der Waals surface area contributed by atoms with Crippen molar-refractivity contribution in [2.45, 2.75) is 38.4 Å². The summed E-state index contributed by atoms with van der Waals surface area (Å²) < 4.78 is 71.0. The number of anilines is 1. The zero-order valence-corrected chi connectivity index (χ0v) is 17.5. The van der Waals surface area contributed by atoms with Gasteiger partial charge in [-0.3, -0.25) is 4.90 Å². The molecule has 5 nitrogen and oxygen atoms in total. The lowest BCUT2D eigenvalue weighted by Crippen LogP contribution is -2.47. The van der Waals surface area contributed by atoms with E-state index in [4.69, 9.17) is 0 Å². The van der Waals surface area contributed by atoms with Crippen LogP contribution in [-0.4, -0.2) is 58.6 Å². The van der Waals surface area contributed by atoms with E-state index >= 15 is 0 Å². The van der Waals surface area contributed by atoms with Crippen LogP contribution in [0, 0.1) is 17.6 Å². The maximum absolute atomic E-state index is 14.1. The zero-order valence-electron chi connectivity index (χ0n) is 17.5. The Labute approximate surface area is 182 Å².